The normalized spacial score (nSPS) is 28.6. The zero-order chi connectivity index (χ0) is 42.0. The van der Waals surface area contributed by atoms with Crippen LogP contribution >= 0.6 is 0 Å². The highest BCUT2D eigenvalue weighted by Gasteiger charge is 2.58. The van der Waals surface area contributed by atoms with Crippen LogP contribution in [0.4, 0.5) is 9.59 Å². The fourth-order valence-electron chi connectivity index (χ4n) is 10.2. The van der Waals surface area contributed by atoms with Crippen LogP contribution in [-0.2, 0) is 19.1 Å². The van der Waals surface area contributed by atoms with Gasteiger partial charge in [-0.1, -0.05) is 38.0 Å². The summed E-state index contributed by atoms with van der Waals surface area (Å²) in [5.74, 6) is 8.15. The van der Waals surface area contributed by atoms with Crippen molar-refractivity contribution in [2.45, 2.75) is 115 Å². The number of fused-ring (bicyclic) bond motifs is 3. The van der Waals surface area contributed by atoms with E-state index in [1.54, 1.807) is 12.4 Å². The number of hydrogen-bond acceptors (Lipinski definition) is 8. The lowest BCUT2D eigenvalue weighted by molar-refractivity contribution is -0.140. The van der Waals surface area contributed by atoms with Gasteiger partial charge < -0.3 is 45.0 Å². The molecule has 5 aliphatic rings. The number of amides is 4. The van der Waals surface area contributed by atoms with Crippen LogP contribution in [0.3, 0.4) is 0 Å². The van der Waals surface area contributed by atoms with Gasteiger partial charge in [0.1, 0.15) is 29.4 Å². The van der Waals surface area contributed by atoms with E-state index in [0.29, 0.717) is 42.0 Å². The molecule has 0 radical (unpaired) electrons. The fourth-order valence-corrected chi connectivity index (χ4v) is 10.2. The Kier molecular flexibility index (Phi) is 10.3. The van der Waals surface area contributed by atoms with Crippen molar-refractivity contribution in [3.63, 3.8) is 0 Å². The van der Waals surface area contributed by atoms with Crippen molar-refractivity contribution in [2.24, 2.45) is 23.7 Å². The SMILES string of the molecule is COC(=O)N[C@H](C(=O)N1[C@@H]2C[C@H]2C[C@H]1c1ncc(C#Cc2ccc3cc(-c4cnc([C@@H]5C[C@H]6C[C@H]6N5C(=O)[C@@H](NC(=O)O)C(C)C)[nH]4)ccc3c2)[nH]1)C1C[C@@H](C)O[C@@H](C)C1. The Morgan fingerprint density at radius 1 is 0.817 bits per heavy atom. The Bertz CT molecular complexity index is 2390. The molecule has 5 N–H and O–H groups in total. The number of carbonyl (C=O) groups is 4. The number of nitrogens with one attached hydrogen (secondary N) is 4. The number of carbonyl (C=O) groups excluding carboxylic acids is 3. The van der Waals surface area contributed by atoms with Gasteiger partial charge in [0.25, 0.3) is 0 Å². The molecule has 0 spiro atoms. The van der Waals surface area contributed by atoms with Crippen LogP contribution in [0.25, 0.3) is 22.0 Å². The number of aromatic nitrogens is 4. The summed E-state index contributed by atoms with van der Waals surface area (Å²) in [5, 5.41) is 16.7. The van der Waals surface area contributed by atoms with Crippen LogP contribution in [0.5, 0.6) is 0 Å². The van der Waals surface area contributed by atoms with Crippen LogP contribution in [-0.4, -0.2) is 102 Å². The summed E-state index contributed by atoms with van der Waals surface area (Å²) in [7, 11) is 1.31. The molecule has 15 heteroatoms. The number of aromatic amines is 2. The molecule has 0 bridgehead atoms. The highest BCUT2D eigenvalue weighted by atomic mass is 16.5. The molecule has 5 fully saturated rings. The van der Waals surface area contributed by atoms with Crippen molar-refractivity contribution in [3.05, 3.63) is 71.7 Å². The van der Waals surface area contributed by atoms with Gasteiger partial charge in [-0.2, -0.15) is 0 Å². The first-order valence-corrected chi connectivity index (χ1v) is 21.1. The van der Waals surface area contributed by atoms with Crippen molar-refractivity contribution < 1.29 is 33.8 Å². The van der Waals surface area contributed by atoms with Crippen LogP contribution < -0.4 is 10.6 Å². The standard InChI is InChI=1S/C45H52N8O7/c1-22(2)38(50-44(56)57)42(54)52-34-16-30(34)19-37(52)41-47-21-33(49-41)28-10-9-26-14-25(6-8-27(26)15-28)7-11-32-20-46-40(48-32)36-18-29-17-35(29)53(36)43(55)39(51-45(58)59-5)31-12-23(3)60-24(4)13-31/h6,8-10,14-15,20-24,29-31,34-39,50H,12-13,16-19H2,1-5H3,(H,46,48)(H,47,49)(H,51,58)(H,56,57)/t23-,24+,29-,30+,31?,34+,35+,36-,37-,38-,39-/m0/s1. The molecule has 1 unspecified atom stereocenters. The van der Waals surface area contributed by atoms with Crippen molar-refractivity contribution in [1.29, 1.82) is 0 Å². The Balaban J connectivity index is 0.884. The molecule has 4 amide bonds. The second kappa shape index (κ2) is 15.6. The van der Waals surface area contributed by atoms with Gasteiger partial charge in [-0.25, -0.2) is 19.6 Å². The number of imidazole rings is 2. The first-order chi connectivity index (χ1) is 28.8. The van der Waals surface area contributed by atoms with Crippen molar-refractivity contribution in [3.8, 4) is 23.1 Å². The average Bonchev–Trinajstić information content (AvgIpc) is 3.81. The molecular weight excluding hydrogens is 765 g/mol. The van der Waals surface area contributed by atoms with Crippen molar-refractivity contribution in [2.75, 3.05) is 7.11 Å². The number of rotatable bonds is 9. The molecule has 60 heavy (non-hydrogen) atoms. The summed E-state index contributed by atoms with van der Waals surface area (Å²) in [6.45, 7) is 7.70. The van der Waals surface area contributed by atoms with Gasteiger partial charge in [0, 0.05) is 23.2 Å². The van der Waals surface area contributed by atoms with E-state index in [0.717, 1.165) is 53.3 Å². The first-order valence-electron chi connectivity index (χ1n) is 21.1. The molecule has 314 valence electrons. The summed E-state index contributed by atoms with van der Waals surface area (Å²) < 4.78 is 10.9. The number of piperidine rings is 2. The predicted molar refractivity (Wildman–Crippen MR) is 220 cm³/mol. The van der Waals surface area contributed by atoms with E-state index in [-0.39, 0.29) is 60.0 Å². The second-order valence-electron chi connectivity index (χ2n) is 17.8. The molecule has 11 atom stereocenters. The number of likely N-dealkylation sites (tertiary alicyclic amines) is 2. The van der Waals surface area contributed by atoms with E-state index in [1.807, 2.05) is 61.8 Å². The first kappa shape index (κ1) is 39.6. The third-order valence-electron chi connectivity index (χ3n) is 13.2. The Morgan fingerprint density at radius 2 is 1.45 bits per heavy atom. The zero-order valence-electron chi connectivity index (χ0n) is 34.5. The zero-order valence-corrected chi connectivity index (χ0v) is 34.5. The summed E-state index contributed by atoms with van der Waals surface area (Å²) in [5.41, 5.74) is 3.29. The highest BCUT2D eigenvalue weighted by molar-refractivity contribution is 5.89. The molecule has 2 aromatic carbocycles. The maximum absolute atomic E-state index is 14.3. The van der Waals surface area contributed by atoms with Gasteiger partial charge in [0.2, 0.25) is 11.8 Å². The number of hydrogen-bond donors (Lipinski definition) is 5. The number of ether oxygens (including phenoxy) is 2. The number of nitrogens with zero attached hydrogens (tertiary/aromatic N) is 4. The van der Waals surface area contributed by atoms with E-state index in [2.05, 4.69) is 44.6 Å². The number of carboxylic acid groups (broad SMARTS) is 1. The number of alkyl carbamates (subject to hydrolysis) is 1. The van der Waals surface area contributed by atoms with Gasteiger partial charge >= 0.3 is 12.2 Å². The predicted octanol–water partition coefficient (Wildman–Crippen LogP) is 5.90. The van der Waals surface area contributed by atoms with Gasteiger partial charge in [-0.05, 0) is 111 Å². The van der Waals surface area contributed by atoms with E-state index in [1.165, 1.54) is 7.11 Å². The van der Waals surface area contributed by atoms with E-state index >= 15 is 0 Å². The van der Waals surface area contributed by atoms with Gasteiger partial charge in [-0.3, -0.25) is 9.59 Å². The molecule has 2 aromatic heterocycles. The summed E-state index contributed by atoms with van der Waals surface area (Å²) >= 11 is 0. The van der Waals surface area contributed by atoms with E-state index in [4.69, 9.17) is 19.4 Å². The monoisotopic (exact) mass is 816 g/mol. The van der Waals surface area contributed by atoms with Gasteiger partial charge in [0.05, 0.1) is 49.5 Å². The average molecular weight is 817 g/mol. The van der Waals surface area contributed by atoms with Gasteiger partial charge in [0.15, 0.2) is 0 Å². The summed E-state index contributed by atoms with van der Waals surface area (Å²) in [6, 6.07) is 10.5. The highest BCUT2D eigenvalue weighted by Crippen LogP contribution is 2.54. The minimum atomic E-state index is -1.21. The number of benzene rings is 2. The maximum Gasteiger partial charge on any atom is 0.407 e. The van der Waals surface area contributed by atoms with Crippen LogP contribution in [0.15, 0.2) is 48.8 Å². The summed E-state index contributed by atoms with van der Waals surface area (Å²) in [4.78, 5) is 72.0. The van der Waals surface area contributed by atoms with Crippen LogP contribution in [0, 0.1) is 35.5 Å². The largest absolute Gasteiger partial charge is 0.465 e. The Morgan fingerprint density at radius 3 is 2.12 bits per heavy atom. The second-order valence-corrected chi connectivity index (χ2v) is 17.8. The van der Waals surface area contributed by atoms with Gasteiger partial charge in [-0.15, -0.1) is 0 Å². The smallest absolute Gasteiger partial charge is 0.407 e. The minimum Gasteiger partial charge on any atom is -0.465 e. The lowest BCUT2D eigenvalue weighted by atomic mass is 9.85. The van der Waals surface area contributed by atoms with E-state index < -0.39 is 24.3 Å². The molecule has 2 aliphatic carbocycles. The van der Waals surface area contributed by atoms with Crippen molar-refractivity contribution >= 4 is 34.8 Å². The fraction of sp³-hybridized carbons (Fsp3) is 0.511. The van der Waals surface area contributed by atoms with Crippen LogP contribution in [0.1, 0.15) is 101 Å². The minimum absolute atomic E-state index is 0.0188. The number of methoxy groups -OCH3 is 1. The molecule has 3 saturated heterocycles. The quantitative estimate of drug-likeness (QED) is 0.128. The Labute approximate surface area is 348 Å². The third kappa shape index (κ3) is 7.69. The topological polar surface area (TPSA) is 195 Å². The lowest BCUT2D eigenvalue weighted by Crippen LogP contribution is -2.55. The summed E-state index contributed by atoms with van der Waals surface area (Å²) in [6.07, 6.45) is 6.48. The van der Waals surface area contributed by atoms with E-state index in [9.17, 15) is 24.3 Å². The molecule has 5 heterocycles. The van der Waals surface area contributed by atoms with Crippen LogP contribution in [0.2, 0.25) is 0 Å². The number of H-pyrrole nitrogens is 2. The maximum atomic E-state index is 14.3. The molecule has 4 aromatic rings. The molecule has 2 saturated carbocycles. The molecule has 15 nitrogen and oxygen atoms in total. The lowest BCUT2D eigenvalue weighted by Gasteiger charge is -2.38. The third-order valence-corrected chi connectivity index (χ3v) is 13.2. The molecule has 3 aliphatic heterocycles. The Hall–Kier alpha value is -5.88. The van der Waals surface area contributed by atoms with Crippen molar-refractivity contribution in [1.82, 2.24) is 40.4 Å². The molecule has 9 rings (SSSR count). The molecular formula is C45H52N8O7.